The van der Waals surface area contributed by atoms with Crippen molar-refractivity contribution < 1.29 is 19.1 Å². The van der Waals surface area contributed by atoms with Crippen LogP contribution in [-0.2, 0) is 19.1 Å². The Labute approximate surface area is 59.0 Å². The molecule has 0 heterocycles. The van der Waals surface area contributed by atoms with Gasteiger partial charge >= 0.3 is 5.97 Å². The zero-order valence-corrected chi connectivity index (χ0v) is 5.83. The summed E-state index contributed by atoms with van der Waals surface area (Å²) in [5.41, 5.74) is 0. The summed E-state index contributed by atoms with van der Waals surface area (Å²) in [6.45, 7) is 0.402. The Hall–Kier alpha value is -0.650. The fraction of sp³-hybridized carbons (Fsp3) is 0.800. The maximum Gasteiger partial charge on any atom is 0.334 e. The molecule has 60 valence electrons. The van der Waals surface area contributed by atoms with E-state index in [2.05, 4.69) is 20.2 Å². The second kappa shape index (κ2) is 6.47. The lowest BCUT2D eigenvalue weighted by atomic mass is 10.7. The Balaban J connectivity index is 3.05. The molecule has 0 saturated heterocycles. The lowest BCUT2D eigenvalue weighted by Gasteiger charge is -2.01. The molecule has 0 radical (unpaired) electrons. The van der Waals surface area contributed by atoms with Crippen LogP contribution < -0.4 is 5.90 Å². The van der Waals surface area contributed by atoms with Crippen molar-refractivity contribution in [1.29, 1.82) is 0 Å². The van der Waals surface area contributed by atoms with E-state index in [1.165, 1.54) is 7.11 Å². The standard InChI is InChI=1S/C5H11NO4/c1-8-2-3-9-5(7)4-10-6/h2-4,6H2,1H3. The zero-order chi connectivity index (χ0) is 7.82. The highest BCUT2D eigenvalue weighted by atomic mass is 16.6. The Morgan fingerprint density at radius 3 is 2.70 bits per heavy atom. The lowest BCUT2D eigenvalue weighted by Crippen LogP contribution is -2.17. The first-order chi connectivity index (χ1) is 4.81. The fourth-order valence-electron chi connectivity index (χ4n) is 0.349. The number of hydrogen-bond donors (Lipinski definition) is 1. The quantitative estimate of drug-likeness (QED) is 0.310. The van der Waals surface area contributed by atoms with Crippen molar-refractivity contribution in [2.75, 3.05) is 26.9 Å². The van der Waals surface area contributed by atoms with Crippen molar-refractivity contribution in [2.24, 2.45) is 5.90 Å². The Kier molecular flexibility index (Phi) is 6.05. The van der Waals surface area contributed by atoms with Gasteiger partial charge in [-0.05, 0) is 0 Å². The molecule has 0 bridgehead atoms. The molecule has 5 heteroatoms. The minimum atomic E-state index is -0.487. The summed E-state index contributed by atoms with van der Waals surface area (Å²) in [5.74, 6) is 4.12. The molecule has 0 spiro atoms. The van der Waals surface area contributed by atoms with Gasteiger partial charge in [-0.2, -0.15) is 0 Å². The molecule has 0 unspecified atom stereocenters. The summed E-state index contributed by atoms with van der Waals surface area (Å²) < 4.78 is 9.17. The van der Waals surface area contributed by atoms with Crippen LogP contribution in [0.25, 0.3) is 0 Å². The van der Waals surface area contributed by atoms with Crippen LogP contribution in [0.5, 0.6) is 0 Å². The SMILES string of the molecule is COCCOC(=O)CON. The predicted octanol–water partition coefficient (Wildman–Crippen LogP) is -0.934. The maximum atomic E-state index is 10.4. The molecule has 0 saturated carbocycles. The monoisotopic (exact) mass is 149 g/mol. The third kappa shape index (κ3) is 5.49. The van der Waals surface area contributed by atoms with Gasteiger partial charge in [-0.15, -0.1) is 0 Å². The van der Waals surface area contributed by atoms with Gasteiger partial charge in [0.05, 0.1) is 6.61 Å². The summed E-state index contributed by atoms with van der Waals surface area (Å²) in [5, 5.41) is 0. The van der Waals surface area contributed by atoms with Gasteiger partial charge in [0, 0.05) is 7.11 Å². The molecule has 0 fully saturated rings. The highest BCUT2D eigenvalue weighted by Gasteiger charge is 1.99. The highest BCUT2D eigenvalue weighted by molar-refractivity contribution is 5.70. The van der Waals surface area contributed by atoms with Crippen molar-refractivity contribution in [1.82, 2.24) is 0 Å². The molecule has 0 aromatic heterocycles. The Morgan fingerprint density at radius 2 is 2.20 bits per heavy atom. The van der Waals surface area contributed by atoms with Crippen LogP contribution in [0, 0.1) is 0 Å². The van der Waals surface area contributed by atoms with Gasteiger partial charge in [-0.25, -0.2) is 10.7 Å². The third-order valence-electron chi connectivity index (χ3n) is 0.752. The average molecular weight is 149 g/mol. The second-order valence-corrected chi connectivity index (χ2v) is 1.52. The first kappa shape index (κ1) is 9.35. The van der Waals surface area contributed by atoms with Crippen molar-refractivity contribution >= 4 is 5.97 Å². The summed E-state index contributed by atoms with van der Waals surface area (Å²) >= 11 is 0. The topological polar surface area (TPSA) is 70.8 Å². The number of rotatable bonds is 5. The van der Waals surface area contributed by atoms with E-state index in [9.17, 15) is 4.79 Å². The van der Waals surface area contributed by atoms with E-state index in [0.29, 0.717) is 6.61 Å². The molecular formula is C5H11NO4. The van der Waals surface area contributed by atoms with Crippen LogP contribution in [0.1, 0.15) is 0 Å². The number of carbonyl (C=O) groups excluding carboxylic acids is 1. The Morgan fingerprint density at radius 1 is 1.50 bits per heavy atom. The molecule has 5 nitrogen and oxygen atoms in total. The molecule has 0 aromatic carbocycles. The molecule has 0 rings (SSSR count). The average Bonchev–Trinajstić information content (AvgIpc) is 1.89. The van der Waals surface area contributed by atoms with E-state index in [1.54, 1.807) is 0 Å². The van der Waals surface area contributed by atoms with E-state index in [-0.39, 0.29) is 13.2 Å². The van der Waals surface area contributed by atoms with Gasteiger partial charge in [0.15, 0.2) is 6.61 Å². The fourth-order valence-corrected chi connectivity index (χ4v) is 0.349. The van der Waals surface area contributed by atoms with Gasteiger partial charge in [0.2, 0.25) is 0 Å². The van der Waals surface area contributed by atoms with Gasteiger partial charge < -0.3 is 9.47 Å². The van der Waals surface area contributed by atoms with Crippen LogP contribution in [-0.4, -0.2) is 32.9 Å². The normalized spacial score (nSPS) is 9.40. The van der Waals surface area contributed by atoms with E-state index in [1.807, 2.05) is 0 Å². The number of ether oxygens (including phenoxy) is 2. The van der Waals surface area contributed by atoms with Crippen molar-refractivity contribution in [3.05, 3.63) is 0 Å². The van der Waals surface area contributed by atoms with Crippen LogP contribution in [0.2, 0.25) is 0 Å². The molecule has 0 aliphatic carbocycles. The first-order valence-corrected chi connectivity index (χ1v) is 2.77. The lowest BCUT2D eigenvalue weighted by molar-refractivity contribution is -0.150. The largest absolute Gasteiger partial charge is 0.461 e. The molecule has 2 N–H and O–H groups in total. The van der Waals surface area contributed by atoms with Crippen molar-refractivity contribution in [2.45, 2.75) is 0 Å². The van der Waals surface area contributed by atoms with Crippen LogP contribution >= 0.6 is 0 Å². The van der Waals surface area contributed by atoms with Gasteiger partial charge in [0.25, 0.3) is 0 Å². The third-order valence-corrected chi connectivity index (χ3v) is 0.752. The highest BCUT2D eigenvalue weighted by Crippen LogP contribution is 1.78. The molecule has 0 aliphatic heterocycles. The number of hydrogen-bond acceptors (Lipinski definition) is 5. The zero-order valence-electron chi connectivity index (χ0n) is 5.83. The van der Waals surface area contributed by atoms with E-state index in [0.717, 1.165) is 0 Å². The van der Waals surface area contributed by atoms with Crippen molar-refractivity contribution in [3.8, 4) is 0 Å². The molecule has 0 atom stereocenters. The minimum absolute atomic E-state index is 0.219. The molecule has 0 aromatic rings. The number of carbonyl (C=O) groups is 1. The minimum Gasteiger partial charge on any atom is -0.461 e. The van der Waals surface area contributed by atoms with E-state index in [4.69, 9.17) is 0 Å². The summed E-state index contributed by atoms with van der Waals surface area (Å²) in [6, 6.07) is 0. The maximum absolute atomic E-state index is 10.4. The summed E-state index contributed by atoms with van der Waals surface area (Å²) in [4.78, 5) is 14.5. The van der Waals surface area contributed by atoms with Crippen molar-refractivity contribution in [3.63, 3.8) is 0 Å². The van der Waals surface area contributed by atoms with Gasteiger partial charge in [0.1, 0.15) is 6.61 Å². The van der Waals surface area contributed by atoms with Crippen LogP contribution in [0.3, 0.4) is 0 Å². The second-order valence-electron chi connectivity index (χ2n) is 1.52. The molecule has 0 aliphatic rings. The van der Waals surface area contributed by atoms with Crippen LogP contribution in [0.4, 0.5) is 0 Å². The van der Waals surface area contributed by atoms with Gasteiger partial charge in [-0.1, -0.05) is 0 Å². The first-order valence-electron chi connectivity index (χ1n) is 2.77. The predicted molar refractivity (Wildman–Crippen MR) is 33.0 cm³/mol. The summed E-state index contributed by atoms with van der Waals surface area (Å²) in [7, 11) is 1.52. The molecular weight excluding hydrogens is 138 g/mol. The van der Waals surface area contributed by atoms with Crippen LogP contribution in [0.15, 0.2) is 0 Å². The Bertz CT molecular complexity index is 95.6. The van der Waals surface area contributed by atoms with E-state index < -0.39 is 5.97 Å². The smallest absolute Gasteiger partial charge is 0.334 e. The molecule has 10 heavy (non-hydrogen) atoms. The number of methoxy groups -OCH3 is 1. The summed E-state index contributed by atoms with van der Waals surface area (Å²) in [6.07, 6.45) is 0. The van der Waals surface area contributed by atoms with E-state index >= 15 is 0 Å². The van der Waals surface area contributed by atoms with Gasteiger partial charge in [-0.3, -0.25) is 4.84 Å². The number of esters is 1. The molecule has 0 amide bonds. The number of nitrogens with two attached hydrogens (primary N) is 1.